The number of hydrogen-bond acceptors (Lipinski definition) is 4. The van der Waals surface area contributed by atoms with E-state index in [1.807, 2.05) is 13.8 Å². The Kier molecular flexibility index (Phi) is 6.54. The van der Waals surface area contributed by atoms with Crippen molar-refractivity contribution in [3.8, 4) is 0 Å². The van der Waals surface area contributed by atoms with Gasteiger partial charge in [-0.05, 0) is 31.9 Å². The quantitative estimate of drug-likeness (QED) is 0.746. The van der Waals surface area contributed by atoms with Crippen LogP contribution in [0.25, 0.3) is 0 Å². The molecule has 0 saturated heterocycles. The zero-order valence-corrected chi connectivity index (χ0v) is 16.1. The van der Waals surface area contributed by atoms with Crippen molar-refractivity contribution in [2.45, 2.75) is 40.3 Å². The molecule has 1 N–H and O–H groups in total. The van der Waals surface area contributed by atoms with Gasteiger partial charge in [0.25, 0.3) is 5.91 Å². The molecule has 0 fully saturated rings. The lowest BCUT2D eigenvalue weighted by Gasteiger charge is -2.14. The van der Waals surface area contributed by atoms with E-state index in [9.17, 15) is 18.4 Å². The van der Waals surface area contributed by atoms with E-state index >= 15 is 0 Å². The maximum absolute atomic E-state index is 13.6. The van der Waals surface area contributed by atoms with Gasteiger partial charge in [0, 0.05) is 12.6 Å². The van der Waals surface area contributed by atoms with Crippen molar-refractivity contribution in [2.75, 3.05) is 5.32 Å². The smallest absolute Gasteiger partial charge is 0.343 e. The molecule has 1 amide bonds. The number of benzene rings is 1. The van der Waals surface area contributed by atoms with Crippen LogP contribution in [0.3, 0.4) is 0 Å². The van der Waals surface area contributed by atoms with Crippen LogP contribution >= 0.6 is 11.6 Å². The summed E-state index contributed by atoms with van der Waals surface area (Å²) in [6, 6.07) is 2.64. The predicted molar refractivity (Wildman–Crippen MR) is 96.7 cm³/mol. The Hall–Kier alpha value is -2.48. The number of halogens is 3. The third-order valence-electron chi connectivity index (χ3n) is 3.65. The summed E-state index contributed by atoms with van der Waals surface area (Å²) < 4.78 is 33.4. The van der Waals surface area contributed by atoms with Gasteiger partial charge >= 0.3 is 5.97 Å². The van der Waals surface area contributed by atoms with E-state index in [0.717, 1.165) is 18.2 Å². The Morgan fingerprint density at radius 1 is 1.30 bits per heavy atom. The molecule has 0 bridgehead atoms. The Balaban J connectivity index is 2.10. The topological polar surface area (TPSA) is 73.2 Å². The van der Waals surface area contributed by atoms with Crippen LogP contribution in [0.1, 0.15) is 36.8 Å². The van der Waals surface area contributed by atoms with Crippen LogP contribution in [0.15, 0.2) is 18.2 Å². The van der Waals surface area contributed by atoms with Crippen molar-refractivity contribution in [1.29, 1.82) is 0 Å². The highest BCUT2D eigenvalue weighted by Gasteiger charge is 2.26. The fraction of sp³-hybridized carbons (Fsp3) is 0.389. The SMILES string of the molecule is Cc1nn(CC(C)C)c(Cl)c1C(=O)O[C@H](C)C(=O)Nc1cc(F)ccc1F. The Bertz CT molecular complexity index is 868. The summed E-state index contributed by atoms with van der Waals surface area (Å²) in [7, 11) is 0. The molecule has 2 aromatic rings. The van der Waals surface area contributed by atoms with Gasteiger partial charge in [0.1, 0.15) is 22.4 Å². The highest BCUT2D eigenvalue weighted by atomic mass is 35.5. The summed E-state index contributed by atoms with van der Waals surface area (Å²) in [6.45, 7) is 7.38. The minimum absolute atomic E-state index is 0.0638. The van der Waals surface area contributed by atoms with E-state index in [2.05, 4.69) is 10.4 Å². The average molecular weight is 400 g/mol. The maximum atomic E-state index is 13.6. The minimum atomic E-state index is -1.26. The normalized spacial score (nSPS) is 12.1. The molecule has 0 aliphatic rings. The van der Waals surface area contributed by atoms with Crippen LogP contribution in [0.4, 0.5) is 14.5 Å². The number of amides is 1. The summed E-state index contributed by atoms with van der Waals surface area (Å²) in [5.74, 6) is -2.89. The summed E-state index contributed by atoms with van der Waals surface area (Å²) in [6.07, 6.45) is -1.26. The number of carbonyl (C=O) groups excluding carboxylic acids is 2. The van der Waals surface area contributed by atoms with E-state index in [1.54, 1.807) is 6.92 Å². The molecule has 1 aromatic carbocycles. The van der Waals surface area contributed by atoms with Crippen LogP contribution < -0.4 is 5.32 Å². The molecule has 0 radical (unpaired) electrons. The second-order valence-electron chi connectivity index (χ2n) is 6.49. The van der Waals surface area contributed by atoms with Gasteiger partial charge < -0.3 is 10.1 Å². The lowest BCUT2D eigenvalue weighted by molar-refractivity contribution is -0.123. The van der Waals surface area contributed by atoms with E-state index in [4.69, 9.17) is 16.3 Å². The summed E-state index contributed by atoms with van der Waals surface area (Å²) in [5.41, 5.74) is 0.0881. The molecule has 0 aliphatic carbocycles. The molecule has 0 spiro atoms. The first-order chi connectivity index (χ1) is 12.6. The second-order valence-corrected chi connectivity index (χ2v) is 6.85. The third kappa shape index (κ3) is 5.03. The van der Waals surface area contributed by atoms with Crippen molar-refractivity contribution < 1.29 is 23.1 Å². The van der Waals surface area contributed by atoms with Gasteiger partial charge in [-0.1, -0.05) is 25.4 Å². The van der Waals surface area contributed by atoms with E-state index < -0.39 is 29.6 Å². The van der Waals surface area contributed by atoms with E-state index in [-0.39, 0.29) is 22.3 Å². The standard InChI is InChI=1S/C18H20ClF2N3O3/c1-9(2)8-24-16(19)15(10(3)23-24)18(26)27-11(4)17(25)22-14-7-12(20)5-6-13(14)21/h5-7,9,11H,8H2,1-4H3,(H,22,25)/t11-/m1/s1. The molecular formula is C18H20ClF2N3O3. The van der Waals surface area contributed by atoms with Gasteiger partial charge in [-0.25, -0.2) is 13.6 Å². The zero-order chi connectivity index (χ0) is 20.3. The monoisotopic (exact) mass is 399 g/mol. The summed E-state index contributed by atoms with van der Waals surface area (Å²) in [5, 5.41) is 6.51. The molecule has 0 aliphatic heterocycles. The molecule has 6 nitrogen and oxygen atoms in total. The molecule has 0 saturated carbocycles. The first kappa shape index (κ1) is 20.8. The lowest BCUT2D eigenvalue weighted by atomic mass is 10.2. The van der Waals surface area contributed by atoms with Crippen LogP contribution in [0, 0.1) is 24.5 Å². The molecule has 1 heterocycles. The van der Waals surface area contributed by atoms with Gasteiger partial charge in [0.2, 0.25) is 0 Å². The number of aromatic nitrogens is 2. The molecule has 27 heavy (non-hydrogen) atoms. The van der Waals surface area contributed by atoms with E-state index in [1.165, 1.54) is 11.6 Å². The van der Waals surface area contributed by atoms with Gasteiger partial charge in [-0.3, -0.25) is 9.48 Å². The molecule has 2 rings (SSSR count). The average Bonchev–Trinajstić information content (AvgIpc) is 2.83. The highest BCUT2D eigenvalue weighted by Crippen LogP contribution is 2.23. The molecule has 146 valence electrons. The summed E-state index contributed by atoms with van der Waals surface area (Å²) >= 11 is 6.21. The van der Waals surface area contributed by atoms with Crippen LogP contribution in [-0.4, -0.2) is 27.8 Å². The van der Waals surface area contributed by atoms with Gasteiger partial charge in [0.15, 0.2) is 6.10 Å². The predicted octanol–water partition coefficient (Wildman–Crippen LogP) is 3.96. The number of nitrogens with one attached hydrogen (secondary N) is 1. The number of carbonyl (C=O) groups is 2. The maximum Gasteiger partial charge on any atom is 0.343 e. The van der Waals surface area contributed by atoms with Crippen molar-refractivity contribution in [3.05, 3.63) is 46.2 Å². The van der Waals surface area contributed by atoms with Gasteiger partial charge in [-0.15, -0.1) is 0 Å². The zero-order valence-electron chi connectivity index (χ0n) is 15.3. The second kappa shape index (κ2) is 8.47. The largest absolute Gasteiger partial charge is 0.449 e. The van der Waals surface area contributed by atoms with Crippen molar-refractivity contribution in [2.24, 2.45) is 5.92 Å². The molecular weight excluding hydrogens is 380 g/mol. The number of ether oxygens (including phenoxy) is 1. The van der Waals surface area contributed by atoms with Crippen molar-refractivity contribution >= 4 is 29.2 Å². The highest BCUT2D eigenvalue weighted by molar-refractivity contribution is 6.32. The van der Waals surface area contributed by atoms with Gasteiger partial charge in [-0.2, -0.15) is 5.10 Å². The fourth-order valence-electron chi connectivity index (χ4n) is 2.35. The number of rotatable bonds is 6. The molecule has 1 atom stereocenters. The molecule has 0 unspecified atom stereocenters. The minimum Gasteiger partial charge on any atom is -0.449 e. The van der Waals surface area contributed by atoms with Crippen LogP contribution in [0.5, 0.6) is 0 Å². The summed E-state index contributed by atoms with van der Waals surface area (Å²) in [4.78, 5) is 24.5. The van der Waals surface area contributed by atoms with Crippen LogP contribution in [-0.2, 0) is 16.1 Å². The number of esters is 1. The molecule has 1 aromatic heterocycles. The fourth-order valence-corrected chi connectivity index (χ4v) is 2.67. The van der Waals surface area contributed by atoms with Crippen molar-refractivity contribution in [3.63, 3.8) is 0 Å². The Morgan fingerprint density at radius 3 is 2.59 bits per heavy atom. The Morgan fingerprint density at radius 2 is 1.96 bits per heavy atom. The van der Waals surface area contributed by atoms with Crippen molar-refractivity contribution in [1.82, 2.24) is 9.78 Å². The number of hydrogen-bond donors (Lipinski definition) is 1. The lowest BCUT2D eigenvalue weighted by Crippen LogP contribution is -2.30. The third-order valence-corrected chi connectivity index (χ3v) is 4.03. The van der Waals surface area contributed by atoms with Gasteiger partial charge in [0.05, 0.1) is 11.4 Å². The first-order valence-corrected chi connectivity index (χ1v) is 8.67. The molecule has 9 heteroatoms. The Labute approximate surface area is 160 Å². The number of aryl methyl sites for hydroxylation is 1. The number of anilines is 1. The van der Waals surface area contributed by atoms with E-state index in [0.29, 0.717) is 12.2 Å². The number of nitrogens with zero attached hydrogens (tertiary/aromatic N) is 2. The first-order valence-electron chi connectivity index (χ1n) is 8.30. The van der Waals surface area contributed by atoms with Crippen LogP contribution in [0.2, 0.25) is 5.15 Å².